The van der Waals surface area contributed by atoms with Gasteiger partial charge in [0, 0.05) is 25.7 Å². The van der Waals surface area contributed by atoms with Crippen molar-refractivity contribution in [2.75, 3.05) is 38.2 Å². The minimum Gasteiger partial charge on any atom is -0.341 e. The van der Waals surface area contributed by atoms with Gasteiger partial charge in [-0.2, -0.15) is 11.8 Å². The van der Waals surface area contributed by atoms with Crippen LogP contribution in [0.15, 0.2) is 0 Å². The van der Waals surface area contributed by atoms with Crippen molar-refractivity contribution in [1.82, 2.24) is 9.80 Å². The number of hydrogen-bond acceptors (Lipinski definition) is 4. The van der Waals surface area contributed by atoms with Crippen LogP contribution in [0.25, 0.3) is 0 Å². The van der Waals surface area contributed by atoms with Gasteiger partial charge in [-0.3, -0.25) is 4.79 Å². The summed E-state index contributed by atoms with van der Waals surface area (Å²) >= 11 is 1.76. The third kappa shape index (κ3) is 5.14. The molecule has 2 rings (SSSR count). The lowest BCUT2D eigenvalue weighted by atomic mass is 9.94. The largest absolute Gasteiger partial charge is 0.341 e. The SMILES string of the molecule is CSCCC(N)C(=O)N1CCCC(CN2CCCCC2C)C1. The van der Waals surface area contributed by atoms with E-state index in [4.69, 9.17) is 5.73 Å². The molecule has 3 unspecified atom stereocenters. The van der Waals surface area contributed by atoms with Crippen molar-refractivity contribution >= 4 is 17.7 Å². The number of hydrogen-bond donors (Lipinski definition) is 1. The van der Waals surface area contributed by atoms with Gasteiger partial charge in [-0.25, -0.2) is 0 Å². The molecule has 2 heterocycles. The van der Waals surface area contributed by atoms with Crippen LogP contribution in [0.2, 0.25) is 0 Å². The van der Waals surface area contributed by atoms with E-state index < -0.39 is 0 Å². The van der Waals surface area contributed by atoms with Gasteiger partial charge in [0.1, 0.15) is 0 Å². The highest BCUT2D eigenvalue weighted by molar-refractivity contribution is 7.98. The molecular formula is C17H33N3OS. The molecule has 0 saturated carbocycles. The van der Waals surface area contributed by atoms with Gasteiger partial charge in [-0.05, 0) is 63.5 Å². The Morgan fingerprint density at radius 3 is 2.82 bits per heavy atom. The van der Waals surface area contributed by atoms with Crippen LogP contribution in [0, 0.1) is 5.92 Å². The lowest BCUT2D eigenvalue weighted by Gasteiger charge is -2.40. The lowest BCUT2D eigenvalue weighted by molar-refractivity contribution is -0.134. The Kier molecular flexibility index (Phi) is 7.51. The first-order valence-corrected chi connectivity index (χ1v) is 10.3. The van der Waals surface area contributed by atoms with Crippen LogP contribution in [-0.2, 0) is 4.79 Å². The van der Waals surface area contributed by atoms with Gasteiger partial charge in [0.25, 0.3) is 0 Å². The number of piperidine rings is 2. The maximum atomic E-state index is 12.5. The van der Waals surface area contributed by atoms with Gasteiger partial charge in [0.15, 0.2) is 0 Å². The number of nitrogens with zero attached hydrogens (tertiary/aromatic N) is 2. The predicted octanol–water partition coefficient (Wildman–Crippen LogP) is 2.18. The number of likely N-dealkylation sites (tertiary alicyclic amines) is 2. The van der Waals surface area contributed by atoms with Crippen molar-refractivity contribution in [2.45, 2.75) is 57.5 Å². The molecule has 3 atom stereocenters. The Bertz CT molecular complexity index is 353. The van der Waals surface area contributed by atoms with Crippen LogP contribution in [0.4, 0.5) is 0 Å². The van der Waals surface area contributed by atoms with Gasteiger partial charge in [-0.1, -0.05) is 6.42 Å². The fourth-order valence-electron chi connectivity index (χ4n) is 3.78. The second kappa shape index (κ2) is 9.14. The number of carbonyl (C=O) groups excluding carboxylic acids is 1. The zero-order valence-corrected chi connectivity index (χ0v) is 15.1. The summed E-state index contributed by atoms with van der Waals surface area (Å²) in [6.07, 6.45) is 9.28. The first-order chi connectivity index (χ1) is 10.6. The van der Waals surface area contributed by atoms with Gasteiger partial charge in [0.05, 0.1) is 6.04 Å². The molecule has 4 nitrogen and oxygen atoms in total. The minimum absolute atomic E-state index is 0.172. The molecule has 22 heavy (non-hydrogen) atoms. The molecule has 2 aliphatic rings. The molecule has 0 bridgehead atoms. The second-order valence-corrected chi connectivity index (χ2v) is 8.01. The molecular weight excluding hydrogens is 294 g/mol. The molecule has 128 valence electrons. The van der Waals surface area contributed by atoms with Crippen molar-refractivity contribution in [3.63, 3.8) is 0 Å². The molecule has 0 radical (unpaired) electrons. The fraction of sp³-hybridized carbons (Fsp3) is 0.941. The Labute approximate surface area is 140 Å². The van der Waals surface area contributed by atoms with Crippen LogP contribution in [0.3, 0.4) is 0 Å². The monoisotopic (exact) mass is 327 g/mol. The molecule has 2 N–H and O–H groups in total. The Morgan fingerprint density at radius 1 is 1.27 bits per heavy atom. The second-order valence-electron chi connectivity index (χ2n) is 7.02. The molecule has 2 fully saturated rings. The number of rotatable bonds is 6. The smallest absolute Gasteiger partial charge is 0.239 e. The first kappa shape index (κ1) is 18.1. The topological polar surface area (TPSA) is 49.6 Å². The molecule has 2 aliphatic heterocycles. The average molecular weight is 328 g/mol. The van der Waals surface area contributed by atoms with Crippen LogP contribution >= 0.6 is 11.8 Å². The van der Waals surface area contributed by atoms with Crippen molar-refractivity contribution < 1.29 is 4.79 Å². The van der Waals surface area contributed by atoms with Crippen LogP contribution in [-0.4, -0.2) is 66.0 Å². The summed E-state index contributed by atoms with van der Waals surface area (Å²) in [5.41, 5.74) is 6.07. The molecule has 0 aromatic heterocycles. The zero-order valence-electron chi connectivity index (χ0n) is 14.3. The van der Waals surface area contributed by atoms with Crippen molar-refractivity contribution in [2.24, 2.45) is 11.7 Å². The summed E-state index contributed by atoms with van der Waals surface area (Å²) in [7, 11) is 0. The van der Waals surface area contributed by atoms with Crippen LogP contribution in [0.5, 0.6) is 0 Å². The van der Waals surface area contributed by atoms with Gasteiger partial charge < -0.3 is 15.5 Å². The Hall–Kier alpha value is -0.260. The minimum atomic E-state index is -0.305. The number of amides is 1. The highest BCUT2D eigenvalue weighted by Gasteiger charge is 2.29. The van der Waals surface area contributed by atoms with E-state index in [1.165, 1.54) is 32.2 Å². The summed E-state index contributed by atoms with van der Waals surface area (Å²) in [6, 6.07) is 0.406. The molecule has 1 amide bonds. The first-order valence-electron chi connectivity index (χ1n) is 8.89. The van der Waals surface area contributed by atoms with Crippen LogP contribution < -0.4 is 5.73 Å². The van der Waals surface area contributed by atoms with E-state index in [1.807, 2.05) is 4.90 Å². The third-order valence-electron chi connectivity index (χ3n) is 5.21. The van der Waals surface area contributed by atoms with Crippen molar-refractivity contribution in [1.29, 1.82) is 0 Å². The normalized spacial score (nSPS) is 28.6. The van der Waals surface area contributed by atoms with E-state index in [1.54, 1.807) is 11.8 Å². The van der Waals surface area contributed by atoms with E-state index in [0.29, 0.717) is 12.0 Å². The van der Waals surface area contributed by atoms with Gasteiger partial charge in [-0.15, -0.1) is 0 Å². The summed E-state index contributed by atoms with van der Waals surface area (Å²) in [5, 5.41) is 0. The number of nitrogens with two attached hydrogens (primary N) is 1. The Morgan fingerprint density at radius 2 is 2.09 bits per heavy atom. The van der Waals surface area contributed by atoms with Crippen LogP contribution in [0.1, 0.15) is 45.4 Å². The van der Waals surface area contributed by atoms with Crippen molar-refractivity contribution in [3.05, 3.63) is 0 Å². The molecule has 0 aromatic carbocycles. The van der Waals surface area contributed by atoms with Gasteiger partial charge >= 0.3 is 0 Å². The molecule has 2 saturated heterocycles. The predicted molar refractivity (Wildman–Crippen MR) is 95.2 cm³/mol. The Balaban J connectivity index is 1.81. The van der Waals surface area contributed by atoms with E-state index in [9.17, 15) is 4.79 Å². The van der Waals surface area contributed by atoms with E-state index in [0.717, 1.165) is 38.2 Å². The van der Waals surface area contributed by atoms with Gasteiger partial charge in [0.2, 0.25) is 5.91 Å². The third-order valence-corrected chi connectivity index (χ3v) is 5.86. The standard InChI is InChI=1S/C17H33N3OS/c1-14-6-3-4-9-19(14)12-15-7-5-10-20(13-15)17(21)16(18)8-11-22-2/h14-16H,3-13,18H2,1-2H3. The molecule has 0 spiro atoms. The lowest BCUT2D eigenvalue weighted by Crippen LogP contribution is -2.50. The van der Waals surface area contributed by atoms with E-state index in [2.05, 4.69) is 18.1 Å². The summed E-state index contributed by atoms with van der Waals surface area (Å²) in [4.78, 5) is 17.2. The van der Waals surface area contributed by atoms with E-state index >= 15 is 0 Å². The highest BCUT2D eigenvalue weighted by Crippen LogP contribution is 2.23. The zero-order chi connectivity index (χ0) is 15.9. The maximum absolute atomic E-state index is 12.5. The number of carbonyl (C=O) groups is 1. The summed E-state index contributed by atoms with van der Waals surface area (Å²) in [5.74, 6) is 1.77. The fourth-order valence-corrected chi connectivity index (χ4v) is 4.27. The van der Waals surface area contributed by atoms with E-state index in [-0.39, 0.29) is 11.9 Å². The summed E-state index contributed by atoms with van der Waals surface area (Å²) in [6.45, 7) is 6.56. The molecule has 0 aromatic rings. The molecule has 5 heteroatoms. The summed E-state index contributed by atoms with van der Waals surface area (Å²) < 4.78 is 0. The number of thioether (sulfide) groups is 1. The molecule has 0 aliphatic carbocycles. The maximum Gasteiger partial charge on any atom is 0.239 e. The quantitative estimate of drug-likeness (QED) is 0.812. The highest BCUT2D eigenvalue weighted by atomic mass is 32.2. The van der Waals surface area contributed by atoms with Crippen molar-refractivity contribution in [3.8, 4) is 0 Å². The average Bonchev–Trinajstić information content (AvgIpc) is 2.54.